The zero-order chi connectivity index (χ0) is 14.8. The Hall–Kier alpha value is -2.06. The molecule has 21 heavy (non-hydrogen) atoms. The van der Waals surface area contributed by atoms with E-state index >= 15 is 0 Å². The number of aryl methyl sites for hydroxylation is 2. The van der Waals surface area contributed by atoms with Crippen LogP contribution in [-0.2, 0) is 13.1 Å². The molecule has 0 aliphatic rings. The van der Waals surface area contributed by atoms with E-state index in [0.29, 0.717) is 0 Å². The summed E-state index contributed by atoms with van der Waals surface area (Å²) in [6.45, 7) is 6.17. The van der Waals surface area contributed by atoms with Gasteiger partial charge in [0.15, 0.2) is 0 Å². The number of rotatable bonds is 4. The van der Waals surface area contributed by atoms with Crippen molar-refractivity contribution in [3.63, 3.8) is 0 Å². The number of aromatic nitrogens is 1. The van der Waals surface area contributed by atoms with Crippen molar-refractivity contribution in [1.29, 1.82) is 0 Å². The molecule has 0 unspecified atom stereocenters. The van der Waals surface area contributed by atoms with E-state index in [2.05, 4.69) is 72.4 Å². The third-order valence-corrected chi connectivity index (χ3v) is 4.08. The molecule has 0 amide bonds. The fraction of sp³-hybridized carbons (Fsp3) is 0.263. The molecule has 0 saturated carbocycles. The average Bonchev–Trinajstić information content (AvgIpc) is 2.88. The van der Waals surface area contributed by atoms with Crippen LogP contribution in [0, 0.1) is 13.8 Å². The van der Waals surface area contributed by atoms with Crippen LogP contribution in [0.5, 0.6) is 0 Å². The quantitative estimate of drug-likeness (QED) is 0.762. The molecule has 2 aromatic carbocycles. The van der Waals surface area contributed by atoms with Gasteiger partial charge in [0.25, 0.3) is 0 Å². The van der Waals surface area contributed by atoms with E-state index in [1.54, 1.807) is 0 Å². The van der Waals surface area contributed by atoms with Gasteiger partial charge in [-0.1, -0.05) is 42.0 Å². The molecule has 0 fully saturated rings. The maximum atomic E-state index is 3.26. The molecule has 0 atom stereocenters. The van der Waals surface area contributed by atoms with Gasteiger partial charge >= 0.3 is 0 Å². The highest BCUT2D eigenvalue weighted by atomic mass is 15.0. The van der Waals surface area contributed by atoms with Crippen molar-refractivity contribution in [1.82, 2.24) is 9.88 Å². The minimum absolute atomic E-state index is 0.897. The smallest absolute Gasteiger partial charge is 0.0529 e. The van der Waals surface area contributed by atoms with E-state index in [1.165, 1.54) is 33.2 Å². The molecule has 0 radical (unpaired) electrons. The highest BCUT2D eigenvalue weighted by molar-refractivity contribution is 5.83. The predicted octanol–water partition coefficient (Wildman–Crippen LogP) is 4.03. The van der Waals surface area contributed by atoms with Gasteiger partial charge in [0.1, 0.15) is 0 Å². The van der Waals surface area contributed by atoms with Crippen molar-refractivity contribution in [2.45, 2.75) is 26.9 Å². The van der Waals surface area contributed by atoms with Gasteiger partial charge in [0.2, 0.25) is 0 Å². The topological polar surface area (TPSA) is 17.0 Å². The fourth-order valence-electron chi connectivity index (χ4n) is 2.96. The summed E-state index contributed by atoms with van der Waals surface area (Å²) < 4.78 is 2.36. The monoisotopic (exact) mass is 278 g/mol. The Morgan fingerprint density at radius 2 is 1.86 bits per heavy atom. The lowest BCUT2D eigenvalue weighted by atomic mass is 10.1. The summed E-state index contributed by atoms with van der Waals surface area (Å²) in [4.78, 5) is 0. The second-order valence-corrected chi connectivity index (χ2v) is 5.76. The van der Waals surface area contributed by atoms with Gasteiger partial charge in [-0.25, -0.2) is 0 Å². The maximum absolute atomic E-state index is 3.26. The summed E-state index contributed by atoms with van der Waals surface area (Å²) in [5.41, 5.74) is 6.76. The molecule has 2 nitrogen and oxygen atoms in total. The van der Waals surface area contributed by atoms with Crippen LogP contribution in [0.2, 0.25) is 0 Å². The molecule has 2 heteroatoms. The molecule has 0 spiro atoms. The Kier molecular flexibility index (Phi) is 3.80. The Morgan fingerprint density at radius 3 is 2.67 bits per heavy atom. The number of para-hydroxylation sites is 1. The van der Waals surface area contributed by atoms with Crippen molar-refractivity contribution >= 4 is 10.9 Å². The molecule has 1 heterocycles. The lowest BCUT2D eigenvalue weighted by Gasteiger charge is -2.12. The lowest BCUT2D eigenvalue weighted by molar-refractivity contribution is 0.793. The average molecular weight is 278 g/mol. The molecular formula is C19H22N2. The van der Waals surface area contributed by atoms with Crippen molar-refractivity contribution in [3.8, 4) is 0 Å². The van der Waals surface area contributed by atoms with Crippen LogP contribution < -0.4 is 5.32 Å². The summed E-state index contributed by atoms with van der Waals surface area (Å²) >= 11 is 0. The van der Waals surface area contributed by atoms with Gasteiger partial charge in [-0.05, 0) is 49.0 Å². The van der Waals surface area contributed by atoms with Crippen LogP contribution in [0.4, 0.5) is 0 Å². The Morgan fingerprint density at radius 1 is 1.00 bits per heavy atom. The SMILES string of the molecule is CNCc1cccc2ccn(Cc3cc(C)ccc3C)c12. The van der Waals surface area contributed by atoms with E-state index in [-0.39, 0.29) is 0 Å². The third kappa shape index (κ3) is 2.72. The maximum Gasteiger partial charge on any atom is 0.0529 e. The first-order valence-electron chi connectivity index (χ1n) is 7.46. The molecule has 3 rings (SSSR count). The number of hydrogen-bond donors (Lipinski definition) is 1. The van der Waals surface area contributed by atoms with Crippen LogP contribution in [0.15, 0.2) is 48.7 Å². The first-order chi connectivity index (χ1) is 10.2. The lowest BCUT2D eigenvalue weighted by Crippen LogP contribution is -2.08. The summed E-state index contributed by atoms with van der Waals surface area (Å²) in [6.07, 6.45) is 2.20. The van der Waals surface area contributed by atoms with Crippen LogP contribution in [-0.4, -0.2) is 11.6 Å². The largest absolute Gasteiger partial charge is 0.343 e. The first kappa shape index (κ1) is 13.9. The number of hydrogen-bond acceptors (Lipinski definition) is 1. The van der Waals surface area contributed by atoms with E-state index in [1.807, 2.05) is 7.05 Å². The molecular weight excluding hydrogens is 256 g/mol. The summed E-state index contributed by atoms with van der Waals surface area (Å²) in [5.74, 6) is 0. The van der Waals surface area contributed by atoms with Gasteiger partial charge in [0, 0.05) is 19.3 Å². The first-order valence-corrected chi connectivity index (χ1v) is 7.46. The zero-order valence-electron chi connectivity index (χ0n) is 13.0. The molecule has 1 aromatic heterocycles. The van der Waals surface area contributed by atoms with Crippen LogP contribution in [0.3, 0.4) is 0 Å². The molecule has 3 aromatic rings. The summed E-state index contributed by atoms with van der Waals surface area (Å²) in [5, 5.41) is 4.58. The van der Waals surface area contributed by atoms with Crippen molar-refractivity contribution < 1.29 is 0 Å². The van der Waals surface area contributed by atoms with E-state index in [0.717, 1.165) is 13.1 Å². The Labute approximate surface area is 126 Å². The minimum atomic E-state index is 0.897. The third-order valence-electron chi connectivity index (χ3n) is 4.08. The van der Waals surface area contributed by atoms with Crippen LogP contribution in [0.1, 0.15) is 22.3 Å². The minimum Gasteiger partial charge on any atom is -0.343 e. The fourth-order valence-corrected chi connectivity index (χ4v) is 2.96. The highest BCUT2D eigenvalue weighted by Crippen LogP contribution is 2.22. The molecule has 0 aliphatic carbocycles. The number of nitrogens with zero attached hydrogens (tertiary/aromatic N) is 1. The van der Waals surface area contributed by atoms with Crippen LogP contribution in [0.25, 0.3) is 10.9 Å². The predicted molar refractivity (Wildman–Crippen MR) is 89.7 cm³/mol. The zero-order valence-corrected chi connectivity index (χ0v) is 13.0. The molecule has 108 valence electrons. The van der Waals surface area contributed by atoms with Gasteiger partial charge in [-0.3, -0.25) is 0 Å². The van der Waals surface area contributed by atoms with Gasteiger partial charge < -0.3 is 9.88 Å². The number of nitrogens with one attached hydrogen (secondary N) is 1. The normalized spacial score (nSPS) is 11.2. The second-order valence-electron chi connectivity index (χ2n) is 5.76. The van der Waals surface area contributed by atoms with Gasteiger partial charge in [0.05, 0.1) is 5.52 Å². The van der Waals surface area contributed by atoms with Gasteiger partial charge in [-0.2, -0.15) is 0 Å². The van der Waals surface area contributed by atoms with E-state index < -0.39 is 0 Å². The van der Waals surface area contributed by atoms with Crippen molar-refractivity contribution in [2.24, 2.45) is 0 Å². The van der Waals surface area contributed by atoms with Crippen molar-refractivity contribution in [3.05, 3.63) is 70.9 Å². The van der Waals surface area contributed by atoms with E-state index in [4.69, 9.17) is 0 Å². The van der Waals surface area contributed by atoms with Crippen LogP contribution >= 0.6 is 0 Å². The second kappa shape index (κ2) is 5.74. The van der Waals surface area contributed by atoms with E-state index in [9.17, 15) is 0 Å². The molecule has 0 saturated heterocycles. The van der Waals surface area contributed by atoms with Crippen molar-refractivity contribution in [2.75, 3.05) is 7.05 Å². The summed E-state index contributed by atoms with van der Waals surface area (Å²) in [6, 6.07) is 15.4. The Balaban J connectivity index is 2.06. The molecule has 0 bridgehead atoms. The summed E-state index contributed by atoms with van der Waals surface area (Å²) in [7, 11) is 2.00. The van der Waals surface area contributed by atoms with Gasteiger partial charge in [-0.15, -0.1) is 0 Å². The number of benzene rings is 2. The molecule has 0 aliphatic heterocycles. The highest BCUT2D eigenvalue weighted by Gasteiger charge is 2.08. The molecule has 1 N–H and O–H groups in total. The Bertz CT molecular complexity index is 768. The standard InChI is InChI=1S/C19H22N2/c1-14-7-8-15(2)18(11-14)13-21-10-9-16-5-4-6-17(12-20-3)19(16)21/h4-11,20H,12-13H2,1-3H3. The number of fused-ring (bicyclic) bond motifs is 1.